The Morgan fingerprint density at radius 3 is 2.31 bits per heavy atom. The molecule has 0 radical (unpaired) electrons. The molecule has 0 atom stereocenters. The molecule has 1 aliphatic carbocycles. The first-order valence-corrected chi connectivity index (χ1v) is 15.2. The van der Waals surface area contributed by atoms with Gasteiger partial charge in [0.05, 0.1) is 5.69 Å². The number of hydrogen-bond donors (Lipinski definition) is 0. The molecule has 0 N–H and O–H groups in total. The Balaban J connectivity index is 1.28. The van der Waals surface area contributed by atoms with Gasteiger partial charge in [0.2, 0.25) is 5.28 Å². The van der Waals surface area contributed by atoms with Crippen molar-refractivity contribution in [1.82, 2.24) is 9.97 Å². The molecule has 3 aromatic heterocycles. The van der Waals surface area contributed by atoms with Gasteiger partial charge >= 0.3 is 0 Å². The maximum atomic E-state index is 6.55. The van der Waals surface area contributed by atoms with Gasteiger partial charge in [0.15, 0.2) is 0 Å². The minimum Gasteiger partial charge on any atom is -0.456 e. The summed E-state index contributed by atoms with van der Waals surface area (Å²) in [6, 6.07) is 36.7. The molecule has 0 saturated heterocycles. The zero-order chi connectivity index (χ0) is 28.2. The minimum absolute atomic E-state index is 0.0507. The van der Waals surface area contributed by atoms with E-state index in [1.807, 2.05) is 30.3 Å². The molecule has 0 amide bonds. The molecule has 9 rings (SSSR count). The third-order valence-corrected chi connectivity index (χ3v) is 10.1. The smallest absolute Gasteiger partial charge is 0.224 e. The van der Waals surface area contributed by atoms with Crippen LogP contribution in [0, 0.1) is 0 Å². The summed E-state index contributed by atoms with van der Waals surface area (Å²) in [7, 11) is 0. The Bertz CT molecular complexity index is 2420. The van der Waals surface area contributed by atoms with E-state index in [-0.39, 0.29) is 10.7 Å². The number of nitrogens with zero attached hydrogens (tertiary/aromatic N) is 2. The second-order valence-electron chi connectivity index (χ2n) is 11.5. The number of thiophene rings is 1. The lowest BCUT2D eigenvalue weighted by Crippen LogP contribution is -2.14. The highest BCUT2D eigenvalue weighted by molar-refractivity contribution is 7.25. The molecule has 200 valence electrons. The molecule has 0 fully saturated rings. The lowest BCUT2D eigenvalue weighted by Gasteiger charge is -2.22. The molecule has 3 heterocycles. The molecule has 0 saturated carbocycles. The van der Waals surface area contributed by atoms with Crippen molar-refractivity contribution in [3.05, 3.63) is 120 Å². The maximum Gasteiger partial charge on any atom is 0.224 e. The van der Waals surface area contributed by atoms with Crippen LogP contribution >= 0.6 is 22.9 Å². The molecule has 0 unspecified atom stereocenters. The first-order valence-electron chi connectivity index (χ1n) is 14.0. The van der Waals surface area contributed by atoms with Crippen LogP contribution < -0.4 is 0 Å². The molecule has 42 heavy (non-hydrogen) atoms. The third kappa shape index (κ3) is 3.28. The molecule has 8 aromatic rings. The first kappa shape index (κ1) is 24.1. The van der Waals surface area contributed by atoms with Crippen molar-refractivity contribution in [3.63, 3.8) is 0 Å². The van der Waals surface area contributed by atoms with Crippen LogP contribution in [-0.2, 0) is 5.41 Å². The van der Waals surface area contributed by atoms with Gasteiger partial charge in [-0.15, -0.1) is 11.3 Å². The third-order valence-electron chi connectivity index (χ3n) is 8.88. The van der Waals surface area contributed by atoms with Crippen molar-refractivity contribution in [2.24, 2.45) is 0 Å². The summed E-state index contributed by atoms with van der Waals surface area (Å²) in [5.41, 5.74) is 11.3. The monoisotopic (exact) mass is 578 g/mol. The highest BCUT2D eigenvalue weighted by Gasteiger charge is 2.35. The predicted octanol–water partition coefficient (Wildman–Crippen LogP) is 11.0. The summed E-state index contributed by atoms with van der Waals surface area (Å²) in [6.45, 7) is 4.65. The summed E-state index contributed by atoms with van der Waals surface area (Å²) in [5, 5.41) is 4.50. The van der Waals surface area contributed by atoms with Gasteiger partial charge in [0.25, 0.3) is 0 Å². The Morgan fingerprint density at radius 2 is 1.38 bits per heavy atom. The lowest BCUT2D eigenvalue weighted by atomic mass is 9.81. The Hall–Kier alpha value is -4.51. The largest absolute Gasteiger partial charge is 0.456 e. The van der Waals surface area contributed by atoms with Gasteiger partial charge in [-0.25, -0.2) is 9.97 Å². The van der Waals surface area contributed by atoms with Crippen molar-refractivity contribution in [2.45, 2.75) is 19.3 Å². The zero-order valence-electron chi connectivity index (χ0n) is 22.9. The van der Waals surface area contributed by atoms with Crippen LogP contribution in [0.2, 0.25) is 5.28 Å². The van der Waals surface area contributed by atoms with Crippen LogP contribution in [0.15, 0.2) is 108 Å². The number of aromatic nitrogens is 2. The molecule has 5 heteroatoms. The van der Waals surface area contributed by atoms with Crippen molar-refractivity contribution in [2.75, 3.05) is 0 Å². The number of para-hydroxylation sites is 1. The number of rotatable bonds is 2. The molecule has 0 aliphatic heterocycles. The fraction of sp³-hybridized carbons (Fsp3) is 0.0811. The van der Waals surface area contributed by atoms with Crippen LogP contribution in [0.3, 0.4) is 0 Å². The summed E-state index contributed by atoms with van der Waals surface area (Å²) in [5.74, 6) is 0. The standard InChI is InChI=1S/C37H23ClN2OS/c1-37(2)27-11-5-3-8-22(27)23-16-14-21(19-28(23)37)20-15-17-31-26(18-20)33-34(39-36(38)40-35(33)42-31)25-10-7-13-30-32(25)24-9-4-6-12-29(24)41-30/h3-19H,1-2H3. The summed E-state index contributed by atoms with van der Waals surface area (Å²) >= 11 is 8.20. The Labute approximate surface area is 251 Å². The van der Waals surface area contributed by atoms with Crippen LogP contribution in [0.25, 0.3) is 75.8 Å². The van der Waals surface area contributed by atoms with Crippen LogP contribution in [0.1, 0.15) is 25.0 Å². The molecule has 0 bridgehead atoms. The molecule has 3 nitrogen and oxygen atoms in total. The Morgan fingerprint density at radius 1 is 0.643 bits per heavy atom. The van der Waals surface area contributed by atoms with E-state index in [0.717, 1.165) is 53.5 Å². The van der Waals surface area contributed by atoms with E-state index >= 15 is 0 Å². The second-order valence-corrected chi connectivity index (χ2v) is 12.9. The van der Waals surface area contributed by atoms with Crippen molar-refractivity contribution < 1.29 is 4.42 Å². The molecule has 1 aliphatic rings. The van der Waals surface area contributed by atoms with E-state index in [9.17, 15) is 0 Å². The fourth-order valence-electron chi connectivity index (χ4n) is 6.88. The number of benzene rings is 5. The predicted molar refractivity (Wildman–Crippen MR) is 176 cm³/mol. The van der Waals surface area contributed by atoms with Crippen molar-refractivity contribution >= 4 is 65.2 Å². The quantitative estimate of drug-likeness (QED) is 0.191. The van der Waals surface area contributed by atoms with E-state index < -0.39 is 0 Å². The lowest BCUT2D eigenvalue weighted by molar-refractivity contribution is 0.660. The maximum absolute atomic E-state index is 6.55. The second kappa shape index (κ2) is 8.51. The van der Waals surface area contributed by atoms with Crippen LogP contribution in [0.4, 0.5) is 0 Å². The van der Waals surface area contributed by atoms with Gasteiger partial charge < -0.3 is 4.42 Å². The van der Waals surface area contributed by atoms with Crippen molar-refractivity contribution in [3.8, 4) is 33.5 Å². The number of halogens is 1. The molecule has 0 spiro atoms. The van der Waals surface area contributed by atoms with E-state index in [0.29, 0.717) is 0 Å². The SMILES string of the molecule is CC1(C)c2ccccc2-c2ccc(-c3ccc4sc5nc(Cl)nc(-c6cccc7oc8ccccc8c67)c5c4c3)cc21. The fourth-order valence-corrected chi connectivity index (χ4v) is 8.15. The number of furan rings is 1. The van der Waals surface area contributed by atoms with Crippen LogP contribution in [0.5, 0.6) is 0 Å². The summed E-state index contributed by atoms with van der Waals surface area (Å²) in [4.78, 5) is 10.4. The zero-order valence-corrected chi connectivity index (χ0v) is 24.5. The molecule has 5 aromatic carbocycles. The Kier molecular flexibility index (Phi) is 4.89. The highest BCUT2D eigenvalue weighted by atomic mass is 35.5. The van der Waals surface area contributed by atoms with Gasteiger partial charge in [0, 0.05) is 37.2 Å². The minimum atomic E-state index is -0.0507. The van der Waals surface area contributed by atoms with E-state index in [2.05, 4.69) is 91.6 Å². The summed E-state index contributed by atoms with van der Waals surface area (Å²) in [6.07, 6.45) is 0. The molecular weight excluding hydrogens is 556 g/mol. The van der Waals surface area contributed by atoms with Crippen molar-refractivity contribution in [1.29, 1.82) is 0 Å². The first-order chi connectivity index (χ1) is 20.5. The normalized spacial score (nSPS) is 13.8. The average Bonchev–Trinajstić information content (AvgIpc) is 3.64. The average molecular weight is 579 g/mol. The topological polar surface area (TPSA) is 38.9 Å². The number of fused-ring (bicyclic) bond motifs is 9. The van der Waals surface area contributed by atoms with Gasteiger partial charge in [0.1, 0.15) is 16.0 Å². The summed E-state index contributed by atoms with van der Waals surface area (Å²) < 4.78 is 7.36. The van der Waals surface area contributed by atoms with Gasteiger partial charge in [-0.3, -0.25) is 0 Å². The van der Waals surface area contributed by atoms with Gasteiger partial charge in [-0.1, -0.05) is 86.6 Å². The molecular formula is C37H23ClN2OS. The van der Waals surface area contributed by atoms with E-state index in [1.165, 1.54) is 33.4 Å². The van der Waals surface area contributed by atoms with E-state index in [1.54, 1.807) is 11.3 Å². The van der Waals surface area contributed by atoms with Gasteiger partial charge in [-0.2, -0.15) is 0 Å². The number of hydrogen-bond acceptors (Lipinski definition) is 4. The van der Waals surface area contributed by atoms with Crippen LogP contribution in [-0.4, -0.2) is 9.97 Å². The highest BCUT2D eigenvalue weighted by Crippen LogP contribution is 2.50. The van der Waals surface area contributed by atoms with E-state index in [4.69, 9.17) is 21.0 Å². The van der Waals surface area contributed by atoms with Gasteiger partial charge in [-0.05, 0) is 75.3 Å².